The van der Waals surface area contributed by atoms with Gasteiger partial charge in [0, 0.05) is 17.5 Å². The Kier molecular flexibility index (Phi) is 4.20. The molecule has 0 saturated carbocycles. The second kappa shape index (κ2) is 5.87. The first kappa shape index (κ1) is 13.6. The standard InChI is InChI=1S/C17H21NO/c1-17(2,3)16-10-9-15(13-18-16)19-12-11-14-7-5-4-6-8-14/h4-10,13H,11-12H2,1-3H3. The highest BCUT2D eigenvalue weighted by atomic mass is 16.5. The minimum absolute atomic E-state index is 0.0859. The van der Waals surface area contributed by atoms with Crippen molar-refractivity contribution in [2.45, 2.75) is 32.6 Å². The van der Waals surface area contributed by atoms with E-state index in [1.54, 1.807) is 0 Å². The van der Waals surface area contributed by atoms with Crippen LogP contribution in [0.1, 0.15) is 32.0 Å². The van der Waals surface area contributed by atoms with Gasteiger partial charge >= 0.3 is 0 Å². The molecule has 0 fully saturated rings. The minimum Gasteiger partial charge on any atom is -0.492 e. The largest absolute Gasteiger partial charge is 0.492 e. The lowest BCUT2D eigenvalue weighted by molar-refractivity contribution is 0.320. The summed E-state index contributed by atoms with van der Waals surface area (Å²) >= 11 is 0. The quantitative estimate of drug-likeness (QED) is 0.823. The summed E-state index contributed by atoms with van der Waals surface area (Å²) in [6.45, 7) is 7.16. The van der Waals surface area contributed by atoms with Gasteiger partial charge < -0.3 is 4.74 Å². The minimum atomic E-state index is 0.0859. The van der Waals surface area contributed by atoms with Gasteiger partial charge in [-0.15, -0.1) is 0 Å². The summed E-state index contributed by atoms with van der Waals surface area (Å²) in [7, 11) is 0. The molecule has 2 heteroatoms. The van der Waals surface area contributed by atoms with Gasteiger partial charge in [-0.1, -0.05) is 51.1 Å². The van der Waals surface area contributed by atoms with Crippen LogP contribution >= 0.6 is 0 Å². The Bertz CT molecular complexity index is 497. The molecule has 19 heavy (non-hydrogen) atoms. The van der Waals surface area contributed by atoms with Crippen LogP contribution in [0.5, 0.6) is 5.75 Å². The van der Waals surface area contributed by atoms with Crippen LogP contribution in [0.2, 0.25) is 0 Å². The zero-order valence-electron chi connectivity index (χ0n) is 11.9. The third-order valence-corrected chi connectivity index (χ3v) is 3.01. The van der Waals surface area contributed by atoms with Crippen LogP contribution in [-0.4, -0.2) is 11.6 Å². The second-order valence-electron chi connectivity index (χ2n) is 5.71. The van der Waals surface area contributed by atoms with Gasteiger partial charge in [0.05, 0.1) is 12.8 Å². The number of hydrogen-bond donors (Lipinski definition) is 0. The van der Waals surface area contributed by atoms with Gasteiger partial charge in [-0.05, 0) is 17.7 Å². The SMILES string of the molecule is CC(C)(C)c1ccc(OCCc2ccccc2)cn1. The summed E-state index contributed by atoms with van der Waals surface area (Å²) in [6.07, 6.45) is 2.73. The van der Waals surface area contributed by atoms with E-state index in [0.29, 0.717) is 6.61 Å². The van der Waals surface area contributed by atoms with Crippen LogP contribution in [0.3, 0.4) is 0 Å². The summed E-state index contributed by atoms with van der Waals surface area (Å²) in [4.78, 5) is 4.45. The summed E-state index contributed by atoms with van der Waals surface area (Å²) < 4.78 is 5.72. The van der Waals surface area contributed by atoms with E-state index in [4.69, 9.17) is 4.74 Å². The van der Waals surface area contributed by atoms with E-state index in [1.165, 1.54) is 5.56 Å². The molecule has 0 aliphatic carbocycles. The van der Waals surface area contributed by atoms with Crippen LogP contribution in [0.25, 0.3) is 0 Å². The van der Waals surface area contributed by atoms with Crippen molar-refractivity contribution in [2.24, 2.45) is 0 Å². The summed E-state index contributed by atoms with van der Waals surface area (Å²) in [5, 5.41) is 0. The van der Waals surface area contributed by atoms with E-state index >= 15 is 0 Å². The summed E-state index contributed by atoms with van der Waals surface area (Å²) in [6, 6.07) is 14.4. The zero-order chi connectivity index (χ0) is 13.7. The molecule has 0 amide bonds. The maximum atomic E-state index is 5.72. The molecule has 0 aliphatic heterocycles. The second-order valence-corrected chi connectivity index (χ2v) is 5.71. The Morgan fingerprint density at radius 3 is 2.32 bits per heavy atom. The fraction of sp³-hybridized carbons (Fsp3) is 0.353. The first-order valence-electron chi connectivity index (χ1n) is 6.69. The molecule has 100 valence electrons. The molecule has 2 rings (SSSR count). The summed E-state index contributed by atoms with van der Waals surface area (Å²) in [5.41, 5.74) is 2.47. The highest BCUT2D eigenvalue weighted by Gasteiger charge is 2.14. The molecule has 0 N–H and O–H groups in total. The third-order valence-electron chi connectivity index (χ3n) is 3.01. The highest BCUT2D eigenvalue weighted by Crippen LogP contribution is 2.21. The van der Waals surface area contributed by atoms with E-state index in [1.807, 2.05) is 24.4 Å². The van der Waals surface area contributed by atoms with Crippen LogP contribution in [0.4, 0.5) is 0 Å². The van der Waals surface area contributed by atoms with E-state index in [2.05, 4.69) is 50.0 Å². The zero-order valence-corrected chi connectivity index (χ0v) is 11.9. The Hall–Kier alpha value is -1.83. The molecular weight excluding hydrogens is 234 g/mol. The smallest absolute Gasteiger partial charge is 0.137 e. The van der Waals surface area contributed by atoms with Crippen molar-refractivity contribution < 1.29 is 4.74 Å². The number of benzene rings is 1. The van der Waals surface area contributed by atoms with Gasteiger partial charge in [0.1, 0.15) is 5.75 Å². The van der Waals surface area contributed by atoms with E-state index in [0.717, 1.165) is 17.9 Å². The number of rotatable bonds is 4. The molecule has 0 saturated heterocycles. The fourth-order valence-corrected chi connectivity index (χ4v) is 1.84. The van der Waals surface area contributed by atoms with Gasteiger partial charge in [0.15, 0.2) is 0 Å². The molecule has 0 aliphatic rings. The molecule has 0 bridgehead atoms. The average molecular weight is 255 g/mol. The predicted octanol–water partition coefficient (Wildman–Crippen LogP) is 4.00. The fourth-order valence-electron chi connectivity index (χ4n) is 1.84. The monoisotopic (exact) mass is 255 g/mol. The van der Waals surface area contributed by atoms with E-state index < -0.39 is 0 Å². The molecule has 0 atom stereocenters. The van der Waals surface area contributed by atoms with E-state index in [9.17, 15) is 0 Å². The number of nitrogens with zero attached hydrogens (tertiary/aromatic N) is 1. The van der Waals surface area contributed by atoms with Crippen molar-refractivity contribution in [1.82, 2.24) is 4.98 Å². The Labute approximate surface area is 115 Å². The van der Waals surface area contributed by atoms with Crippen LogP contribution in [0.15, 0.2) is 48.7 Å². The maximum Gasteiger partial charge on any atom is 0.137 e. The number of pyridine rings is 1. The van der Waals surface area contributed by atoms with Crippen molar-refractivity contribution >= 4 is 0 Å². The van der Waals surface area contributed by atoms with Gasteiger partial charge in [-0.25, -0.2) is 0 Å². The van der Waals surface area contributed by atoms with Crippen LogP contribution in [-0.2, 0) is 11.8 Å². The predicted molar refractivity (Wildman–Crippen MR) is 78.6 cm³/mol. The van der Waals surface area contributed by atoms with Crippen molar-refractivity contribution in [3.05, 3.63) is 59.9 Å². The highest BCUT2D eigenvalue weighted by molar-refractivity contribution is 5.23. The molecule has 0 radical (unpaired) electrons. The number of aromatic nitrogens is 1. The van der Waals surface area contributed by atoms with Crippen molar-refractivity contribution in [1.29, 1.82) is 0 Å². The van der Waals surface area contributed by atoms with Gasteiger partial charge in [-0.3, -0.25) is 4.98 Å². The Morgan fingerprint density at radius 1 is 1.00 bits per heavy atom. The summed E-state index contributed by atoms with van der Waals surface area (Å²) in [5.74, 6) is 0.837. The number of ether oxygens (including phenoxy) is 1. The average Bonchev–Trinajstić information content (AvgIpc) is 2.39. The molecular formula is C17H21NO. The van der Waals surface area contributed by atoms with Gasteiger partial charge in [0.2, 0.25) is 0 Å². The molecule has 1 aromatic carbocycles. The number of hydrogen-bond acceptors (Lipinski definition) is 2. The lowest BCUT2D eigenvalue weighted by Crippen LogP contribution is -2.13. The van der Waals surface area contributed by atoms with Crippen LogP contribution < -0.4 is 4.74 Å². The Balaban J connectivity index is 1.87. The van der Waals surface area contributed by atoms with Gasteiger partial charge in [0.25, 0.3) is 0 Å². The molecule has 2 aromatic rings. The topological polar surface area (TPSA) is 22.1 Å². The molecule has 2 nitrogen and oxygen atoms in total. The first-order chi connectivity index (χ1) is 9.05. The van der Waals surface area contributed by atoms with Crippen molar-refractivity contribution in [2.75, 3.05) is 6.61 Å². The maximum absolute atomic E-state index is 5.72. The Morgan fingerprint density at radius 2 is 1.74 bits per heavy atom. The van der Waals surface area contributed by atoms with Crippen molar-refractivity contribution in [3.8, 4) is 5.75 Å². The molecule has 0 spiro atoms. The van der Waals surface area contributed by atoms with E-state index in [-0.39, 0.29) is 5.41 Å². The lowest BCUT2D eigenvalue weighted by atomic mass is 9.92. The third kappa shape index (κ3) is 4.09. The van der Waals surface area contributed by atoms with Crippen molar-refractivity contribution in [3.63, 3.8) is 0 Å². The molecule has 1 aromatic heterocycles. The van der Waals surface area contributed by atoms with Crippen LogP contribution in [0, 0.1) is 0 Å². The normalized spacial score (nSPS) is 11.3. The lowest BCUT2D eigenvalue weighted by Gasteiger charge is -2.17. The molecule has 0 unspecified atom stereocenters. The van der Waals surface area contributed by atoms with Gasteiger partial charge in [-0.2, -0.15) is 0 Å². The molecule has 1 heterocycles. The first-order valence-corrected chi connectivity index (χ1v) is 6.69.